The summed E-state index contributed by atoms with van der Waals surface area (Å²) in [6.07, 6.45) is 0. The molecule has 0 spiro atoms. The van der Waals surface area contributed by atoms with Crippen molar-refractivity contribution in [3.05, 3.63) is 60.2 Å². The molecule has 10 heteroatoms. The zero-order valence-electron chi connectivity index (χ0n) is 12.1. The maximum Gasteiger partial charge on any atom is 0.699 e. The summed E-state index contributed by atoms with van der Waals surface area (Å²) in [5.74, 6) is -1.75. The summed E-state index contributed by atoms with van der Waals surface area (Å²) in [7, 11) is -5.89. The Morgan fingerprint density at radius 2 is 1.08 bits per heavy atom. The summed E-state index contributed by atoms with van der Waals surface area (Å²) < 4.78 is 70.3. The average Bonchev–Trinajstić information content (AvgIpc) is 2.58. The van der Waals surface area contributed by atoms with Gasteiger partial charge in [-0.2, -0.15) is 0 Å². The third-order valence-electron chi connectivity index (χ3n) is 2.68. The summed E-state index contributed by atoms with van der Waals surface area (Å²) in [4.78, 5) is 0.629. The number of hydrogen-bond acceptors (Lipinski definition) is 5. The number of rotatable bonds is 8. The molecule has 0 saturated carbocycles. The van der Waals surface area contributed by atoms with E-state index in [1.807, 2.05) is 0 Å². The van der Waals surface area contributed by atoms with E-state index in [1.54, 1.807) is 0 Å². The van der Waals surface area contributed by atoms with Gasteiger partial charge in [0.1, 0.15) is 11.6 Å². The maximum absolute atomic E-state index is 12.8. The molecule has 2 rings (SSSR count). The predicted molar refractivity (Wildman–Crippen MR) is 85.1 cm³/mol. The maximum atomic E-state index is 12.8. The fraction of sp³-hybridized carbons (Fsp3) is 0.143. The van der Waals surface area contributed by atoms with E-state index in [0.717, 1.165) is 24.3 Å². The molecule has 128 valence electrons. The van der Waals surface area contributed by atoms with Crippen LogP contribution in [-0.2, 0) is 35.2 Å². The molecule has 2 aromatic rings. The molecule has 0 aliphatic carbocycles. The van der Waals surface area contributed by atoms with Gasteiger partial charge in [-0.3, -0.25) is 8.42 Å². The Balaban J connectivity index is 1.77. The van der Waals surface area contributed by atoms with Gasteiger partial charge in [-0.05, 0) is 48.5 Å². The summed E-state index contributed by atoms with van der Waals surface area (Å²) in [6.45, 7) is 0. The third-order valence-corrected chi connectivity index (χ3v) is 5.97. The summed E-state index contributed by atoms with van der Waals surface area (Å²) in [6, 6.07) is 9.90. The average molecular weight is 393 g/mol. The van der Waals surface area contributed by atoms with Gasteiger partial charge in [-0.25, -0.2) is 8.78 Å². The molecule has 2 atom stereocenters. The van der Waals surface area contributed by atoms with Crippen molar-refractivity contribution in [3.8, 4) is 0 Å². The minimum atomic E-state index is -2.62. The van der Waals surface area contributed by atoms with Crippen LogP contribution < -0.4 is 0 Å². The summed E-state index contributed by atoms with van der Waals surface area (Å²) >= 11 is 0. The van der Waals surface area contributed by atoms with E-state index in [1.165, 1.54) is 24.3 Å². The van der Waals surface area contributed by atoms with Crippen molar-refractivity contribution in [2.45, 2.75) is 9.79 Å². The quantitative estimate of drug-likeness (QED) is 0.643. The highest BCUT2D eigenvalue weighted by atomic mass is 32.2. The fourth-order valence-electron chi connectivity index (χ4n) is 1.53. The lowest BCUT2D eigenvalue weighted by Crippen LogP contribution is -2.02. The molecule has 0 heterocycles. The number of benzene rings is 2. The first-order valence-electron chi connectivity index (χ1n) is 6.46. The predicted octanol–water partition coefficient (Wildman–Crippen LogP) is 3.49. The molecular weight excluding hydrogens is 381 g/mol. The SMILES string of the molecule is O=[P+](OC[S@@](=O)c1ccc(F)cc1)OC[S@@](=O)c1ccc(F)cc1. The van der Waals surface area contributed by atoms with E-state index in [2.05, 4.69) is 0 Å². The van der Waals surface area contributed by atoms with E-state index in [9.17, 15) is 21.8 Å². The van der Waals surface area contributed by atoms with Crippen LogP contribution in [0.2, 0.25) is 0 Å². The van der Waals surface area contributed by atoms with E-state index < -0.39 is 53.4 Å². The van der Waals surface area contributed by atoms with Crippen LogP contribution in [0.3, 0.4) is 0 Å². The van der Waals surface area contributed by atoms with Crippen molar-refractivity contribution in [1.29, 1.82) is 0 Å². The van der Waals surface area contributed by atoms with E-state index in [0.29, 0.717) is 9.79 Å². The minimum Gasteiger partial charge on any atom is -0.252 e. The highest BCUT2D eigenvalue weighted by Crippen LogP contribution is 2.26. The molecule has 0 aliphatic heterocycles. The molecule has 24 heavy (non-hydrogen) atoms. The number of hydrogen-bond donors (Lipinski definition) is 0. The molecule has 0 unspecified atom stereocenters. The second-order valence-electron chi connectivity index (χ2n) is 4.32. The van der Waals surface area contributed by atoms with Crippen molar-refractivity contribution in [1.82, 2.24) is 0 Å². The van der Waals surface area contributed by atoms with Crippen molar-refractivity contribution in [2.75, 3.05) is 11.9 Å². The van der Waals surface area contributed by atoms with Gasteiger partial charge in [0.05, 0.1) is 21.6 Å². The summed E-state index contributed by atoms with van der Waals surface area (Å²) in [5, 5.41) is 0. The normalized spacial score (nSPS) is 13.4. The Labute approximate surface area is 142 Å². The van der Waals surface area contributed by atoms with Crippen molar-refractivity contribution in [2.24, 2.45) is 0 Å². The second kappa shape index (κ2) is 9.19. The molecule has 0 amide bonds. The van der Waals surface area contributed by atoms with Gasteiger partial charge in [-0.1, -0.05) is 0 Å². The first-order chi connectivity index (χ1) is 11.5. The lowest BCUT2D eigenvalue weighted by atomic mass is 10.4. The topological polar surface area (TPSA) is 69.7 Å². The van der Waals surface area contributed by atoms with Gasteiger partial charge in [0.25, 0.3) is 0 Å². The molecule has 0 radical (unpaired) electrons. The second-order valence-corrected chi connectivity index (χ2v) is 8.08. The fourth-order valence-corrected chi connectivity index (χ4v) is 4.21. The molecule has 0 N–H and O–H groups in total. The van der Waals surface area contributed by atoms with E-state index in [-0.39, 0.29) is 0 Å². The first-order valence-corrected chi connectivity index (χ1v) is 10.2. The van der Waals surface area contributed by atoms with Crippen LogP contribution in [0, 0.1) is 11.6 Å². The monoisotopic (exact) mass is 393 g/mol. The standard InChI is InChI=1S/C14H12F2O5PS2/c15-11-1-5-13(6-2-11)23(18)9-20-22(17)21-10-24(19)14-7-3-12(16)4-8-14/h1-8H,9-10H2/q+1/t23-,24-/m1/s1. The smallest absolute Gasteiger partial charge is 0.252 e. The number of halogens is 2. The Morgan fingerprint density at radius 1 is 0.750 bits per heavy atom. The van der Waals surface area contributed by atoms with Crippen molar-refractivity contribution in [3.63, 3.8) is 0 Å². The zero-order valence-corrected chi connectivity index (χ0v) is 14.6. The van der Waals surface area contributed by atoms with Crippen LogP contribution in [0.4, 0.5) is 8.78 Å². The van der Waals surface area contributed by atoms with Gasteiger partial charge in [0, 0.05) is 14.4 Å². The van der Waals surface area contributed by atoms with Crippen molar-refractivity contribution >= 4 is 29.9 Å². The van der Waals surface area contributed by atoms with Crippen LogP contribution >= 0.6 is 8.25 Å². The Hall–Kier alpha value is -1.38. The highest BCUT2D eigenvalue weighted by Gasteiger charge is 2.24. The van der Waals surface area contributed by atoms with Crippen molar-refractivity contribution < 1.29 is 30.8 Å². The van der Waals surface area contributed by atoms with Crippen LogP contribution in [0.1, 0.15) is 0 Å². The van der Waals surface area contributed by atoms with Gasteiger partial charge in [0.15, 0.2) is 11.9 Å². The zero-order chi connectivity index (χ0) is 17.5. The van der Waals surface area contributed by atoms with E-state index in [4.69, 9.17) is 9.05 Å². The lowest BCUT2D eigenvalue weighted by Gasteiger charge is -1.99. The molecule has 0 saturated heterocycles. The Morgan fingerprint density at radius 3 is 1.42 bits per heavy atom. The van der Waals surface area contributed by atoms with Crippen LogP contribution in [0.25, 0.3) is 0 Å². The van der Waals surface area contributed by atoms with Crippen LogP contribution in [0.5, 0.6) is 0 Å². The molecule has 0 aliphatic rings. The third kappa shape index (κ3) is 5.92. The minimum absolute atomic E-state index is 0.315. The van der Waals surface area contributed by atoms with Gasteiger partial charge in [-0.15, -0.1) is 9.05 Å². The lowest BCUT2D eigenvalue weighted by molar-refractivity contribution is 0.280. The van der Waals surface area contributed by atoms with Crippen LogP contribution in [-0.4, -0.2) is 20.3 Å². The Bertz CT molecular complexity index is 689. The van der Waals surface area contributed by atoms with Gasteiger partial charge < -0.3 is 0 Å². The Kier molecular flexibility index (Phi) is 7.26. The van der Waals surface area contributed by atoms with Gasteiger partial charge >= 0.3 is 8.25 Å². The highest BCUT2D eigenvalue weighted by molar-refractivity contribution is 7.85. The molecular formula is C14H12F2O5PS2+. The first kappa shape index (κ1) is 19.0. The summed E-state index contributed by atoms with van der Waals surface area (Å²) in [5.41, 5.74) is 0. The largest absolute Gasteiger partial charge is 0.699 e. The molecule has 0 bridgehead atoms. The molecule has 2 aromatic carbocycles. The van der Waals surface area contributed by atoms with Gasteiger partial charge in [0.2, 0.25) is 0 Å². The molecule has 5 nitrogen and oxygen atoms in total. The molecule has 0 aromatic heterocycles. The van der Waals surface area contributed by atoms with E-state index >= 15 is 0 Å². The van der Waals surface area contributed by atoms with Crippen LogP contribution in [0.15, 0.2) is 58.3 Å². The molecule has 0 fully saturated rings.